The van der Waals surface area contributed by atoms with Gasteiger partial charge >= 0.3 is 0 Å². The molecule has 1 amide bonds. The molecular formula is C19H18N4O2S2. The number of aryl methyl sites for hydroxylation is 2. The zero-order valence-corrected chi connectivity index (χ0v) is 16.8. The highest BCUT2D eigenvalue weighted by molar-refractivity contribution is 7.21. The zero-order chi connectivity index (χ0) is 19.1. The van der Waals surface area contributed by atoms with E-state index in [0.717, 1.165) is 37.4 Å². The maximum atomic E-state index is 12.7. The number of thiophene rings is 1. The molecule has 0 atom stereocenters. The van der Waals surface area contributed by atoms with Crippen molar-refractivity contribution in [3.8, 4) is 5.75 Å². The topological polar surface area (TPSA) is 90.1 Å². The van der Waals surface area contributed by atoms with E-state index in [1.807, 2.05) is 45.0 Å². The summed E-state index contributed by atoms with van der Waals surface area (Å²) in [5.74, 6) is 0.524. The molecule has 0 spiro atoms. The average Bonchev–Trinajstić information content (AvgIpc) is 3.12. The van der Waals surface area contributed by atoms with E-state index in [9.17, 15) is 4.79 Å². The van der Waals surface area contributed by atoms with Crippen molar-refractivity contribution in [3.05, 3.63) is 39.7 Å². The van der Waals surface area contributed by atoms with Gasteiger partial charge in [0, 0.05) is 15.6 Å². The van der Waals surface area contributed by atoms with E-state index < -0.39 is 0 Å². The molecule has 1 aromatic carbocycles. The second-order valence-electron chi connectivity index (χ2n) is 6.09. The largest absolute Gasteiger partial charge is 0.494 e. The van der Waals surface area contributed by atoms with E-state index in [0.29, 0.717) is 22.3 Å². The van der Waals surface area contributed by atoms with Crippen LogP contribution in [-0.4, -0.2) is 22.5 Å². The monoisotopic (exact) mass is 398 g/mol. The van der Waals surface area contributed by atoms with Gasteiger partial charge < -0.3 is 10.5 Å². The number of aromatic nitrogens is 2. The molecule has 6 nitrogen and oxygen atoms in total. The van der Waals surface area contributed by atoms with Gasteiger partial charge in [0.15, 0.2) is 5.13 Å². The maximum Gasteiger partial charge on any atom is 0.269 e. The number of ether oxygens (including phenoxy) is 1. The lowest BCUT2D eigenvalue weighted by atomic mass is 10.1. The fraction of sp³-hybridized carbons (Fsp3) is 0.211. The fourth-order valence-corrected chi connectivity index (χ4v) is 4.58. The highest BCUT2D eigenvalue weighted by Gasteiger charge is 2.19. The van der Waals surface area contributed by atoms with E-state index in [1.165, 1.54) is 22.7 Å². The number of nitrogens with two attached hydrogens (primary N) is 1. The Morgan fingerprint density at radius 1 is 1.22 bits per heavy atom. The third kappa shape index (κ3) is 3.22. The summed E-state index contributed by atoms with van der Waals surface area (Å²) in [6, 6.07) is 7.70. The molecule has 0 unspecified atom stereocenters. The van der Waals surface area contributed by atoms with Crippen LogP contribution in [0.2, 0.25) is 0 Å². The number of carbonyl (C=O) groups excluding carboxylic acids is 1. The summed E-state index contributed by atoms with van der Waals surface area (Å²) < 4.78 is 5.55. The number of amides is 1. The van der Waals surface area contributed by atoms with Crippen LogP contribution in [0.15, 0.2) is 24.3 Å². The first-order valence-corrected chi connectivity index (χ1v) is 10.1. The molecule has 0 saturated heterocycles. The number of fused-ring (bicyclic) bond motifs is 2. The third-order valence-electron chi connectivity index (χ3n) is 4.25. The third-order valence-corrected chi connectivity index (χ3v) is 6.35. The first-order valence-electron chi connectivity index (χ1n) is 8.47. The number of carbonyl (C=O) groups is 1. The van der Waals surface area contributed by atoms with Crippen molar-refractivity contribution in [2.45, 2.75) is 20.8 Å². The molecule has 0 bridgehead atoms. The summed E-state index contributed by atoms with van der Waals surface area (Å²) in [5.41, 5.74) is 8.47. The Bertz CT molecular complexity index is 1160. The number of benzene rings is 1. The summed E-state index contributed by atoms with van der Waals surface area (Å²) in [6.45, 7) is 6.43. The number of thiazole rings is 1. The minimum atomic E-state index is -0.261. The van der Waals surface area contributed by atoms with Crippen LogP contribution in [0, 0.1) is 13.8 Å². The van der Waals surface area contributed by atoms with Gasteiger partial charge in [0.2, 0.25) is 0 Å². The number of nitrogens with zero attached hydrogens (tertiary/aromatic N) is 2. The van der Waals surface area contributed by atoms with Crippen molar-refractivity contribution in [1.82, 2.24) is 9.97 Å². The van der Waals surface area contributed by atoms with Crippen molar-refractivity contribution in [2.75, 3.05) is 17.7 Å². The Hall–Kier alpha value is -2.71. The van der Waals surface area contributed by atoms with Gasteiger partial charge in [-0.05, 0) is 45.0 Å². The molecule has 8 heteroatoms. The highest BCUT2D eigenvalue weighted by atomic mass is 32.1. The Balaban J connectivity index is 1.73. The molecule has 4 aromatic rings. The van der Waals surface area contributed by atoms with Crippen LogP contribution >= 0.6 is 22.7 Å². The summed E-state index contributed by atoms with van der Waals surface area (Å²) in [5, 5.41) is 5.12. The first kappa shape index (κ1) is 17.7. The van der Waals surface area contributed by atoms with E-state index in [1.54, 1.807) is 0 Å². The molecule has 0 aliphatic carbocycles. The Labute approximate surface area is 164 Å². The van der Waals surface area contributed by atoms with Crippen molar-refractivity contribution in [2.24, 2.45) is 0 Å². The van der Waals surface area contributed by atoms with Crippen molar-refractivity contribution in [1.29, 1.82) is 0 Å². The molecule has 27 heavy (non-hydrogen) atoms. The molecule has 3 heterocycles. The zero-order valence-electron chi connectivity index (χ0n) is 15.1. The fourth-order valence-electron chi connectivity index (χ4n) is 2.79. The Kier molecular flexibility index (Phi) is 4.45. The smallest absolute Gasteiger partial charge is 0.269 e. The summed E-state index contributed by atoms with van der Waals surface area (Å²) in [7, 11) is 0. The predicted molar refractivity (Wildman–Crippen MR) is 112 cm³/mol. The maximum absolute atomic E-state index is 12.7. The van der Waals surface area contributed by atoms with E-state index in [4.69, 9.17) is 10.5 Å². The Morgan fingerprint density at radius 3 is 2.74 bits per heavy atom. The van der Waals surface area contributed by atoms with Crippen molar-refractivity contribution < 1.29 is 9.53 Å². The average molecular weight is 399 g/mol. The molecule has 3 N–H and O–H groups in total. The Morgan fingerprint density at radius 2 is 2.04 bits per heavy atom. The van der Waals surface area contributed by atoms with Gasteiger partial charge in [-0.1, -0.05) is 0 Å². The number of rotatable bonds is 4. The quantitative estimate of drug-likeness (QED) is 0.517. The number of pyridine rings is 1. The lowest BCUT2D eigenvalue weighted by molar-refractivity contribution is 0.103. The second kappa shape index (κ2) is 6.79. The van der Waals surface area contributed by atoms with Gasteiger partial charge in [-0.3, -0.25) is 10.1 Å². The molecule has 4 rings (SSSR count). The number of anilines is 2. The molecule has 3 aromatic heterocycles. The molecule has 0 radical (unpaired) electrons. The molecule has 0 aliphatic heterocycles. The van der Waals surface area contributed by atoms with E-state index in [-0.39, 0.29) is 5.91 Å². The highest BCUT2D eigenvalue weighted by Crippen LogP contribution is 2.36. The van der Waals surface area contributed by atoms with E-state index >= 15 is 0 Å². The van der Waals surface area contributed by atoms with Crippen molar-refractivity contribution >= 4 is 60.5 Å². The van der Waals surface area contributed by atoms with Crippen LogP contribution in [0.5, 0.6) is 5.75 Å². The van der Waals surface area contributed by atoms with Crippen LogP contribution < -0.4 is 15.8 Å². The van der Waals surface area contributed by atoms with Gasteiger partial charge in [-0.25, -0.2) is 9.97 Å². The number of hydrogen-bond acceptors (Lipinski definition) is 7. The lowest BCUT2D eigenvalue weighted by Gasteiger charge is -2.04. The summed E-state index contributed by atoms with van der Waals surface area (Å²) in [4.78, 5) is 24.0. The predicted octanol–water partition coefficient (Wildman–Crippen LogP) is 4.76. The molecule has 138 valence electrons. The normalized spacial score (nSPS) is 11.2. The van der Waals surface area contributed by atoms with E-state index in [2.05, 4.69) is 15.3 Å². The van der Waals surface area contributed by atoms with Crippen LogP contribution in [-0.2, 0) is 0 Å². The van der Waals surface area contributed by atoms with Crippen molar-refractivity contribution in [3.63, 3.8) is 0 Å². The molecule has 0 aliphatic rings. The summed E-state index contributed by atoms with van der Waals surface area (Å²) >= 11 is 2.74. The summed E-state index contributed by atoms with van der Waals surface area (Å²) in [6.07, 6.45) is 0. The minimum Gasteiger partial charge on any atom is -0.494 e. The SMILES string of the molecule is CCOc1ccc2nc3sc(C(=O)Nc4nc(C)c(C)s4)c(N)c3cc2c1. The second-order valence-corrected chi connectivity index (χ2v) is 8.29. The minimum absolute atomic E-state index is 0.261. The van der Waals surface area contributed by atoms with Crippen LogP contribution in [0.1, 0.15) is 27.2 Å². The number of nitrogen functional groups attached to an aromatic ring is 1. The number of hydrogen-bond donors (Lipinski definition) is 2. The van der Waals surface area contributed by atoms with Crippen LogP contribution in [0.25, 0.3) is 21.1 Å². The van der Waals surface area contributed by atoms with Gasteiger partial charge in [-0.15, -0.1) is 22.7 Å². The first-order chi connectivity index (χ1) is 13.0. The van der Waals surface area contributed by atoms with Crippen LogP contribution in [0.4, 0.5) is 10.8 Å². The standard InChI is InChI=1S/C19H18N4O2S2/c1-4-25-12-5-6-14-11(7-12)8-13-15(20)16(27-18(13)22-14)17(24)23-19-21-9(2)10(3)26-19/h5-8H,4,20H2,1-3H3,(H,21,23,24). The lowest BCUT2D eigenvalue weighted by Crippen LogP contribution is -2.11. The van der Waals surface area contributed by atoms with Crippen LogP contribution in [0.3, 0.4) is 0 Å². The molecular weight excluding hydrogens is 380 g/mol. The van der Waals surface area contributed by atoms with Gasteiger partial charge in [0.25, 0.3) is 5.91 Å². The molecule has 0 saturated carbocycles. The molecule has 0 fully saturated rings. The van der Waals surface area contributed by atoms with Gasteiger partial charge in [0.05, 0.1) is 23.5 Å². The van der Waals surface area contributed by atoms with Gasteiger partial charge in [0.1, 0.15) is 15.5 Å². The number of nitrogens with one attached hydrogen (secondary N) is 1. The van der Waals surface area contributed by atoms with Gasteiger partial charge in [-0.2, -0.15) is 0 Å².